The topological polar surface area (TPSA) is 63.7 Å². The summed E-state index contributed by atoms with van der Waals surface area (Å²) in [5.74, 6) is 0.565. The van der Waals surface area contributed by atoms with E-state index in [-0.39, 0.29) is 4.90 Å². The van der Waals surface area contributed by atoms with E-state index in [0.717, 1.165) is 4.31 Å². The van der Waals surface area contributed by atoms with Crippen LogP contribution in [0.1, 0.15) is 0 Å². The molecule has 0 saturated carbocycles. The molecule has 0 amide bonds. The Morgan fingerprint density at radius 3 is 2.13 bits per heavy atom. The van der Waals surface area contributed by atoms with Crippen LogP contribution in [0, 0.1) is 0 Å². The largest absolute Gasteiger partial charge is 0.497 e. The number of sulfonamides is 1. The van der Waals surface area contributed by atoms with Crippen LogP contribution < -0.4 is 9.04 Å². The third-order valence-corrected chi connectivity index (χ3v) is 5.19. The highest BCUT2D eigenvalue weighted by Gasteiger charge is 2.26. The van der Waals surface area contributed by atoms with E-state index in [1.54, 1.807) is 12.1 Å². The summed E-state index contributed by atoms with van der Waals surface area (Å²) >= 11 is 11.2. The first-order valence-electron chi connectivity index (χ1n) is 6.45. The Hall–Kier alpha value is -1.76. The van der Waals surface area contributed by atoms with Crippen LogP contribution in [-0.4, -0.2) is 27.3 Å². The molecule has 0 fully saturated rings. The van der Waals surface area contributed by atoms with Crippen molar-refractivity contribution in [2.24, 2.45) is 0 Å². The minimum Gasteiger partial charge on any atom is -0.497 e. The van der Waals surface area contributed by atoms with Crippen molar-refractivity contribution in [3.63, 3.8) is 0 Å². The summed E-state index contributed by atoms with van der Waals surface area (Å²) in [6.45, 7) is -0.487. The van der Waals surface area contributed by atoms with E-state index in [1.165, 1.54) is 43.5 Å². The third kappa shape index (κ3) is 4.16. The highest BCUT2D eigenvalue weighted by Crippen LogP contribution is 2.26. The van der Waals surface area contributed by atoms with Crippen molar-refractivity contribution in [2.45, 2.75) is 4.90 Å². The first-order valence-corrected chi connectivity index (χ1v) is 8.65. The predicted octanol–water partition coefficient (Wildman–Crippen LogP) is 3.31. The Labute approximate surface area is 144 Å². The maximum Gasteiger partial charge on any atom is 0.264 e. The zero-order chi connectivity index (χ0) is 17.0. The highest BCUT2D eigenvalue weighted by molar-refractivity contribution is 7.92. The zero-order valence-corrected chi connectivity index (χ0v) is 14.4. The number of benzene rings is 2. The molecule has 2 aromatic carbocycles. The lowest BCUT2D eigenvalue weighted by Crippen LogP contribution is -2.34. The molecule has 0 bridgehead atoms. The molecule has 23 heavy (non-hydrogen) atoms. The number of hydrogen-bond acceptors (Lipinski definition) is 4. The Balaban J connectivity index is 2.48. The van der Waals surface area contributed by atoms with Gasteiger partial charge in [0.25, 0.3) is 10.0 Å². The first kappa shape index (κ1) is 17.6. The van der Waals surface area contributed by atoms with E-state index in [0.29, 0.717) is 16.5 Å². The number of carbonyl (C=O) groups is 1. The van der Waals surface area contributed by atoms with Gasteiger partial charge >= 0.3 is 0 Å². The van der Waals surface area contributed by atoms with E-state index < -0.39 is 21.8 Å². The normalized spacial score (nSPS) is 11.1. The van der Waals surface area contributed by atoms with Crippen LogP contribution in [0.15, 0.2) is 53.4 Å². The van der Waals surface area contributed by atoms with Crippen LogP contribution in [0.3, 0.4) is 0 Å². The molecule has 0 radical (unpaired) electrons. The molecule has 122 valence electrons. The molecule has 2 aromatic rings. The summed E-state index contributed by atoms with van der Waals surface area (Å²) in [7, 11) is -2.46. The van der Waals surface area contributed by atoms with Gasteiger partial charge in [0.15, 0.2) is 0 Å². The number of halogens is 2. The molecule has 0 N–H and O–H groups in total. The van der Waals surface area contributed by atoms with Gasteiger partial charge in [-0.15, -0.1) is 0 Å². The fraction of sp³-hybridized carbons (Fsp3) is 0.133. The zero-order valence-electron chi connectivity index (χ0n) is 12.1. The molecular weight excluding hydrogens is 361 g/mol. The maximum atomic E-state index is 12.8. The van der Waals surface area contributed by atoms with Gasteiger partial charge in [-0.3, -0.25) is 9.10 Å². The minimum absolute atomic E-state index is 0.00985. The standard InChI is InChI=1S/C15H13Cl2NO4S/c1-22-13-6-4-12(5-7-13)18(10-15(17)19)23(20,21)14-8-2-11(16)3-9-14/h2-9H,10H2,1H3. The Morgan fingerprint density at radius 1 is 1.09 bits per heavy atom. The number of ether oxygens (including phenoxy) is 1. The summed E-state index contributed by atoms with van der Waals surface area (Å²) in [5.41, 5.74) is 0.301. The first-order chi connectivity index (χ1) is 10.8. The van der Waals surface area contributed by atoms with Gasteiger partial charge < -0.3 is 4.74 Å². The average molecular weight is 374 g/mol. The molecule has 0 atom stereocenters. The van der Waals surface area contributed by atoms with Crippen molar-refractivity contribution in [1.29, 1.82) is 0 Å². The maximum absolute atomic E-state index is 12.8. The lowest BCUT2D eigenvalue weighted by Gasteiger charge is -2.23. The number of anilines is 1. The Kier molecular flexibility index (Phi) is 5.51. The van der Waals surface area contributed by atoms with Gasteiger partial charge in [-0.1, -0.05) is 11.6 Å². The van der Waals surface area contributed by atoms with Gasteiger partial charge in [0.1, 0.15) is 12.3 Å². The van der Waals surface area contributed by atoms with Crippen molar-refractivity contribution < 1.29 is 17.9 Å². The predicted molar refractivity (Wildman–Crippen MR) is 89.8 cm³/mol. The third-order valence-electron chi connectivity index (χ3n) is 3.03. The minimum atomic E-state index is -3.96. The van der Waals surface area contributed by atoms with Gasteiger partial charge in [0.2, 0.25) is 5.24 Å². The molecule has 5 nitrogen and oxygen atoms in total. The van der Waals surface area contributed by atoms with Crippen molar-refractivity contribution in [3.05, 3.63) is 53.6 Å². The van der Waals surface area contributed by atoms with E-state index in [9.17, 15) is 13.2 Å². The second kappa shape index (κ2) is 7.21. The molecule has 8 heteroatoms. The summed E-state index contributed by atoms with van der Waals surface area (Å²) < 4.78 is 31.5. The SMILES string of the molecule is COc1ccc(N(CC(=O)Cl)S(=O)(=O)c2ccc(Cl)cc2)cc1. The second-order valence-corrected chi connectivity index (χ2v) is 7.24. The summed E-state index contributed by atoms with van der Waals surface area (Å²) in [6.07, 6.45) is 0. The molecule has 0 unspecified atom stereocenters. The summed E-state index contributed by atoms with van der Waals surface area (Å²) in [6, 6.07) is 11.9. The molecule has 0 spiro atoms. The van der Waals surface area contributed by atoms with Crippen LogP contribution in [0.5, 0.6) is 5.75 Å². The lowest BCUT2D eigenvalue weighted by molar-refractivity contribution is -0.110. The van der Waals surface area contributed by atoms with E-state index in [1.807, 2.05) is 0 Å². The van der Waals surface area contributed by atoms with Crippen LogP contribution >= 0.6 is 23.2 Å². The number of methoxy groups -OCH3 is 1. The van der Waals surface area contributed by atoms with E-state index in [4.69, 9.17) is 27.9 Å². The lowest BCUT2D eigenvalue weighted by atomic mass is 10.3. The molecule has 0 aromatic heterocycles. The van der Waals surface area contributed by atoms with Crippen LogP contribution in [0.4, 0.5) is 5.69 Å². The number of rotatable bonds is 6. The second-order valence-electron chi connectivity index (χ2n) is 4.52. The van der Waals surface area contributed by atoms with Crippen molar-refractivity contribution in [3.8, 4) is 5.75 Å². The van der Waals surface area contributed by atoms with Gasteiger partial charge in [0, 0.05) is 5.02 Å². The monoisotopic (exact) mass is 373 g/mol. The smallest absolute Gasteiger partial charge is 0.264 e. The van der Waals surface area contributed by atoms with Gasteiger partial charge in [-0.25, -0.2) is 8.42 Å². The molecule has 0 aliphatic rings. The van der Waals surface area contributed by atoms with Crippen LogP contribution in [0.25, 0.3) is 0 Å². The van der Waals surface area contributed by atoms with Crippen LogP contribution in [0.2, 0.25) is 5.02 Å². The molecule has 0 saturated heterocycles. The molecule has 0 heterocycles. The van der Waals surface area contributed by atoms with Gasteiger partial charge in [-0.2, -0.15) is 0 Å². The van der Waals surface area contributed by atoms with Crippen molar-refractivity contribution in [2.75, 3.05) is 18.0 Å². The van der Waals surface area contributed by atoms with Gasteiger partial charge in [-0.05, 0) is 60.1 Å². The molecule has 0 aliphatic carbocycles. The number of carbonyl (C=O) groups excluding carboxylic acids is 1. The average Bonchev–Trinajstić information content (AvgIpc) is 2.53. The summed E-state index contributed by atoms with van der Waals surface area (Å²) in [5, 5.41) is -0.383. The van der Waals surface area contributed by atoms with Crippen molar-refractivity contribution in [1.82, 2.24) is 0 Å². The quantitative estimate of drug-likeness (QED) is 0.728. The van der Waals surface area contributed by atoms with Crippen molar-refractivity contribution >= 4 is 44.2 Å². The molecule has 2 rings (SSSR count). The fourth-order valence-electron chi connectivity index (χ4n) is 1.91. The Bertz CT molecular complexity index is 789. The van der Waals surface area contributed by atoms with E-state index >= 15 is 0 Å². The van der Waals surface area contributed by atoms with Crippen LogP contribution in [-0.2, 0) is 14.8 Å². The van der Waals surface area contributed by atoms with E-state index in [2.05, 4.69) is 0 Å². The summed E-state index contributed by atoms with van der Waals surface area (Å²) in [4.78, 5) is 11.3. The molecular formula is C15H13Cl2NO4S. The molecule has 0 aliphatic heterocycles. The highest BCUT2D eigenvalue weighted by atomic mass is 35.5. The number of nitrogens with zero attached hydrogens (tertiary/aromatic N) is 1. The number of hydrogen-bond donors (Lipinski definition) is 0. The Morgan fingerprint density at radius 2 is 1.65 bits per heavy atom. The van der Waals surface area contributed by atoms with Gasteiger partial charge in [0.05, 0.1) is 17.7 Å². The fourth-order valence-corrected chi connectivity index (χ4v) is 3.65.